The van der Waals surface area contributed by atoms with Crippen LogP contribution in [0.2, 0.25) is 5.02 Å². The van der Waals surface area contributed by atoms with Crippen LogP contribution in [-0.2, 0) is 6.42 Å². The highest BCUT2D eigenvalue weighted by Gasteiger charge is 2.10. The highest BCUT2D eigenvalue weighted by molar-refractivity contribution is 6.30. The molecule has 4 nitrogen and oxygen atoms in total. The summed E-state index contributed by atoms with van der Waals surface area (Å²) in [7, 11) is 0. The molecule has 0 bridgehead atoms. The lowest BCUT2D eigenvalue weighted by Crippen LogP contribution is -1.97. The monoisotopic (exact) mass is 273 g/mol. The third-order valence-corrected chi connectivity index (χ3v) is 3.23. The fraction of sp³-hybridized carbons (Fsp3) is 0.0714. The molecule has 0 aliphatic rings. The minimum absolute atomic E-state index is 0.126. The first kappa shape index (κ1) is 11.9. The Kier molecular flexibility index (Phi) is 2.80. The summed E-state index contributed by atoms with van der Waals surface area (Å²) in [5.74, 6) is 0. The van der Waals surface area contributed by atoms with Crippen molar-refractivity contribution in [3.8, 4) is 0 Å². The molecule has 0 fully saturated rings. The van der Waals surface area contributed by atoms with E-state index in [0.717, 1.165) is 11.1 Å². The maximum absolute atomic E-state index is 6.11. The minimum atomic E-state index is 0.126. The van der Waals surface area contributed by atoms with Gasteiger partial charge in [-0.05, 0) is 35.7 Å². The molecule has 2 aromatic carbocycles. The summed E-state index contributed by atoms with van der Waals surface area (Å²) >= 11 is 5.97. The first-order valence-electron chi connectivity index (χ1n) is 5.81. The van der Waals surface area contributed by atoms with Crippen molar-refractivity contribution >= 4 is 34.4 Å². The van der Waals surface area contributed by atoms with E-state index in [1.54, 1.807) is 0 Å². The molecule has 0 radical (unpaired) electrons. The molecule has 19 heavy (non-hydrogen) atoms. The second-order valence-corrected chi connectivity index (χ2v) is 4.78. The average molecular weight is 274 g/mol. The number of hydrogen-bond acceptors (Lipinski definition) is 4. The van der Waals surface area contributed by atoms with Crippen LogP contribution in [0.4, 0.5) is 11.7 Å². The van der Waals surface area contributed by atoms with Crippen LogP contribution in [0.15, 0.2) is 40.8 Å². The number of benzene rings is 2. The Labute approximate surface area is 115 Å². The van der Waals surface area contributed by atoms with Gasteiger partial charge in [0.05, 0.1) is 5.69 Å². The summed E-state index contributed by atoms with van der Waals surface area (Å²) in [6, 6.07) is 11.6. The van der Waals surface area contributed by atoms with Crippen molar-refractivity contribution in [2.24, 2.45) is 0 Å². The molecule has 3 rings (SSSR count). The van der Waals surface area contributed by atoms with Gasteiger partial charge in [0.25, 0.3) is 6.01 Å². The van der Waals surface area contributed by atoms with Crippen molar-refractivity contribution in [2.75, 3.05) is 11.5 Å². The summed E-state index contributed by atoms with van der Waals surface area (Å²) in [5, 5.41) is 0.711. The van der Waals surface area contributed by atoms with E-state index < -0.39 is 0 Å². The zero-order valence-corrected chi connectivity index (χ0v) is 10.8. The molecule has 3 aromatic rings. The van der Waals surface area contributed by atoms with Gasteiger partial charge in [-0.2, -0.15) is 4.98 Å². The molecule has 1 heterocycles. The Balaban J connectivity index is 2.03. The molecule has 0 spiro atoms. The number of anilines is 2. The molecule has 0 amide bonds. The normalized spacial score (nSPS) is 11.0. The highest BCUT2D eigenvalue weighted by atomic mass is 35.5. The smallest absolute Gasteiger partial charge is 0.293 e. The van der Waals surface area contributed by atoms with Crippen LogP contribution in [-0.4, -0.2) is 4.98 Å². The lowest BCUT2D eigenvalue weighted by Gasteiger charge is -2.06. The standard InChI is InChI=1S/C14H12ClN3O/c15-10-3-1-2-8(7-10)6-9-4-5-11-13(12(9)16)18-14(17)19-11/h1-5,7H,6,16H2,(H2,17,18). The quantitative estimate of drug-likeness (QED) is 0.703. The van der Waals surface area contributed by atoms with Crippen LogP contribution in [0.25, 0.3) is 11.1 Å². The van der Waals surface area contributed by atoms with Crippen molar-refractivity contribution in [3.05, 3.63) is 52.5 Å². The van der Waals surface area contributed by atoms with Gasteiger partial charge in [-0.15, -0.1) is 0 Å². The van der Waals surface area contributed by atoms with Crippen LogP contribution in [0.5, 0.6) is 0 Å². The lowest BCUT2D eigenvalue weighted by molar-refractivity contribution is 0.626. The van der Waals surface area contributed by atoms with Crippen molar-refractivity contribution in [3.63, 3.8) is 0 Å². The van der Waals surface area contributed by atoms with E-state index >= 15 is 0 Å². The molecular weight excluding hydrogens is 262 g/mol. The summed E-state index contributed by atoms with van der Waals surface area (Å²) in [4.78, 5) is 4.09. The molecule has 0 unspecified atom stereocenters. The van der Waals surface area contributed by atoms with E-state index in [4.69, 9.17) is 27.5 Å². The number of oxazole rings is 1. The maximum Gasteiger partial charge on any atom is 0.293 e. The number of nitrogen functional groups attached to an aromatic ring is 2. The van der Waals surface area contributed by atoms with E-state index in [1.807, 2.05) is 36.4 Å². The number of nitrogens with zero attached hydrogens (tertiary/aromatic N) is 1. The first-order chi connectivity index (χ1) is 9.13. The SMILES string of the molecule is Nc1nc2c(N)c(Cc3cccc(Cl)c3)ccc2o1. The lowest BCUT2D eigenvalue weighted by atomic mass is 10.0. The highest BCUT2D eigenvalue weighted by Crippen LogP contribution is 2.28. The molecule has 5 heteroatoms. The number of nitrogens with two attached hydrogens (primary N) is 2. The molecule has 0 aliphatic carbocycles. The molecule has 0 atom stereocenters. The molecule has 1 aromatic heterocycles. The molecule has 0 aliphatic heterocycles. The van der Waals surface area contributed by atoms with Crippen molar-refractivity contribution in [1.82, 2.24) is 4.98 Å². The number of fused-ring (bicyclic) bond motifs is 1. The second kappa shape index (κ2) is 4.48. The Morgan fingerprint density at radius 1 is 1.16 bits per heavy atom. The summed E-state index contributed by atoms with van der Waals surface area (Å²) < 4.78 is 5.24. The molecule has 96 valence electrons. The van der Waals surface area contributed by atoms with E-state index in [0.29, 0.717) is 28.2 Å². The van der Waals surface area contributed by atoms with Gasteiger partial charge in [-0.1, -0.05) is 29.8 Å². The van der Waals surface area contributed by atoms with Gasteiger partial charge in [0.1, 0.15) is 5.52 Å². The third kappa shape index (κ3) is 2.22. The Morgan fingerprint density at radius 2 is 2.00 bits per heavy atom. The third-order valence-electron chi connectivity index (χ3n) is 2.99. The van der Waals surface area contributed by atoms with Gasteiger partial charge in [0, 0.05) is 5.02 Å². The first-order valence-corrected chi connectivity index (χ1v) is 6.19. The van der Waals surface area contributed by atoms with Crippen LogP contribution >= 0.6 is 11.6 Å². The molecular formula is C14H12ClN3O. The van der Waals surface area contributed by atoms with Crippen molar-refractivity contribution in [2.45, 2.75) is 6.42 Å². The number of hydrogen-bond donors (Lipinski definition) is 2. The summed E-state index contributed by atoms with van der Waals surface area (Å²) in [6.07, 6.45) is 0.690. The summed E-state index contributed by atoms with van der Waals surface area (Å²) in [5.41, 5.74) is 15.5. The topological polar surface area (TPSA) is 78.1 Å². The van der Waals surface area contributed by atoms with Gasteiger partial charge in [0.15, 0.2) is 5.58 Å². The van der Waals surface area contributed by atoms with Gasteiger partial charge >= 0.3 is 0 Å². The van der Waals surface area contributed by atoms with Crippen LogP contribution in [0, 0.1) is 0 Å². The minimum Gasteiger partial charge on any atom is -0.424 e. The zero-order valence-electron chi connectivity index (χ0n) is 10.1. The van der Waals surface area contributed by atoms with Crippen LogP contribution in [0.1, 0.15) is 11.1 Å². The predicted molar refractivity (Wildman–Crippen MR) is 77.1 cm³/mol. The largest absolute Gasteiger partial charge is 0.424 e. The molecule has 0 saturated heterocycles. The Hall–Kier alpha value is -2.20. The van der Waals surface area contributed by atoms with Gasteiger partial charge in [-0.3, -0.25) is 0 Å². The van der Waals surface area contributed by atoms with Gasteiger partial charge < -0.3 is 15.9 Å². The molecule has 0 saturated carbocycles. The Bertz CT molecular complexity index is 752. The van der Waals surface area contributed by atoms with E-state index in [1.165, 1.54) is 0 Å². The predicted octanol–water partition coefficient (Wildman–Crippen LogP) is 3.24. The van der Waals surface area contributed by atoms with Crippen molar-refractivity contribution < 1.29 is 4.42 Å². The maximum atomic E-state index is 6.11. The average Bonchev–Trinajstić information content (AvgIpc) is 2.75. The van der Waals surface area contributed by atoms with Crippen LogP contribution in [0.3, 0.4) is 0 Å². The Morgan fingerprint density at radius 3 is 2.79 bits per heavy atom. The zero-order chi connectivity index (χ0) is 13.4. The fourth-order valence-electron chi connectivity index (χ4n) is 2.09. The van der Waals surface area contributed by atoms with Crippen molar-refractivity contribution in [1.29, 1.82) is 0 Å². The van der Waals surface area contributed by atoms with E-state index in [9.17, 15) is 0 Å². The number of halogens is 1. The van der Waals surface area contributed by atoms with Gasteiger partial charge in [-0.25, -0.2) is 0 Å². The second-order valence-electron chi connectivity index (χ2n) is 4.34. The number of aromatic nitrogens is 1. The van der Waals surface area contributed by atoms with E-state index in [2.05, 4.69) is 4.98 Å². The summed E-state index contributed by atoms with van der Waals surface area (Å²) in [6.45, 7) is 0. The molecule has 4 N–H and O–H groups in total. The van der Waals surface area contributed by atoms with Crippen LogP contribution < -0.4 is 11.5 Å². The van der Waals surface area contributed by atoms with E-state index in [-0.39, 0.29) is 6.01 Å². The number of rotatable bonds is 2. The van der Waals surface area contributed by atoms with Gasteiger partial charge in [0.2, 0.25) is 0 Å². The fourth-order valence-corrected chi connectivity index (χ4v) is 2.31.